The number of nitro groups is 1. The summed E-state index contributed by atoms with van der Waals surface area (Å²) in [7, 11) is 1.51. The molecule has 6 nitrogen and oxygen atoms in total. The second-order valence-corrected chi connectivity index (χ2v) is 8.35. The molecule has 0 saturated heterocycles. The fourth-order valence-corrected chi connectivity index (χ4v) is 3.54. The molecule has 24 heavy (non-hydrogen) atoms. The van der Waals surface area contributed by atoms with Crippen LogP contribution in [0.15, 0.2) is 35.2 Å². The van der Waals surface area contributed by atoms with E-state index in [4.69, 9.17) is 9.47 Å². The highest BCUT2D eigenvalue weighted by Crippen LogP contribution is 2.39. The van der Waals surface area contributed by atoms with Gasteiger partial charge in [0, 0.05) is 15.2 Å². The molecule has 0 unspecified atom stereocenters. The molecular formula is C17H21NO5S. The summed E-state index contributed by atoms with van der Waals surface area (Å²) in [4.78, 5) is 23.4. The van der Waals surface area contributed by atoms with Crippen molar-refractivity contribution in [2.24, 2.45) is 0 Å². The number of nitrogens with zero attached hydrogens (tertiary/aromatic N) is 1. The molecule has 0 fully saturated rings. The van der Waals surface area contributed by atoms with E-state index in [9.17, 15) is 14.9 Å². The fraction of sp³-hybridized carbons (Fsp3) is 0.471. The van der Waals surface area contributed by atoms with Gasteiger partial charge in [0.2, 0.25) is 6.54 Å². The Hall–Kier alpha value is -2.02. The van der Waals surface area contributed by atoms with Crippen LogP contribution in [-0.4, -0.2) is 35.4 Å². The van der Waals surface area contributed by atoms with Gasteiger partial charge in [0.15, 0.2) is 0 Å². The smallest absolute Gasteiger partial charge is 0.345 e. The van der Waals surface area contributed by atoms with Crippen LogP contribution in [0.5, 0.6) is 5.75 Å². The van der Waals surface area contributed by atoms with Crippen molar-refractivity contribution in [1.29, 1.82) is 0 Å². The number of benzene rings is 1. The minimum atomic E-state index is -0.677. The van der Waals surface area contributed by atoms with Gasteiger partial charge in [-0.2, -0.15) is 0 Å². The summed E-state index contributed by atoms with van der Waals surface area (Å²) in [6.45, 7) is 5.64. The lowest BCUT2D eigenvalue weighted by Crippen LogP contribution is -2.26. The van der Waals surface area contributed by atoms with Crippen molar-refractivity contribution in [3.05, 3.63) is 50.9 Å². The minimum Gasteiger partial charge on any atom is -0.496 e. The van der Waals surface area contributed by atoms with E-state index in [2.05, 4.69) is 0 Å². The minimum absolute atomic E-state index is 0.150. The standard InChI is InChI=1S/C17H21NO5S/c1-17(2,3)24-15-9-14(23-16(15)19)12(10-18(20)21)11-7-5-6-8-13(11)22-4/h5-9,12,14H,10H2,1-4H3/t12-,14+/m0/s1. The number of rotatable bonds is 6. The summed E-state index contributed by atoms with van der Waals surface area (Å²) < 4.78 is 10.6. The maximum Gasteiger partial charge on any atom is 0.345 e. The third-order valence-electron chi connectivity index (χ3n) is 3.46. The Bertz CT molecular complexity index is 665. The zero-order chi connectivity index (χ0) is 17.9. The predicted molar refractivity (Wildman–Crippen MR) is 92.9 cm³/mol. The molecule has 0 saturated carbocycles. The monoisotopic (exact) mass is 351 g/mol. The molecule has 2 rings (SSSR count). The normalized spacial score (nSPS) is 18.8. The Morgan fingerprint density at radius 1 is 1.38 bits per heavy atom. The van der Waals surface area contributed by atoms with Gasteiger partial charge in [0.05, 0.1) is 17.9 Å². The second kappa shape index (κ2) is 7.25. The summed E-state index contributed by atoms with van der Waals surface area (Å²) in [5.74, 6) is -0.480. The molecule has 1 heterocycles. The summed E-state index contributed by atoms with van der Waals surface area (Å²) in [5.41, 5.74) is 0.660. The molecule has 1 aromatic rings. The van der Waals surface area contributed by atoms with Crippen molar-refractivity contribution in [1.82, 2.24) is 0 Å². The molecule has 1 aliphatic heterocycles. The number of esters is 1. The van der Waals surface area contributed by atoms with Gasteiger partial charge in [0.1, 0.15) is 11.9 Å². The summed E-state index contributed by atoms with van der Waals surface area (Å²) in [5, 5.41) is 11.1. The number of thioether (sulfide) groups is 1. The molecule has 0 spiro atoms. The predicted octanol–water partition coefficient (Wildman–Crippen LogP) is 3.40. The van der Waals surface area contributed by atoms with Crippen molar-refractivity contribution in [3.63, 3.8) is 0 Å². The highest BCUT2D eigenvalue weighted by atomic mass is 32.2. The maximum atomic E-state index is 12.1. The number of carbonyl (C=O) groups excluding carboxylic acids is 1. The Morgan fingerprint density at radius 2 is 2.04 bits per heavy atom. The molecule has 0 aromatic heterocycles. The van der Waals surface area contributed by atoms with Gasteiger partial charge in [-0.15, -0.1) is 11.8 Å². The van der Waals surface area contributed by atoms with Gasteiger partial charge >= 0.3 is 5.97 Å². The molecule has 1 aliphatic rings. The number of methoxy groups -OCH3 is 1. The van der Waals surface area contributed by atoms with Crippen molar-refractivity contribution < 1.29 is 19.2 Å². The first-order chi connectivity index (χ1) is 11.2. The zero-order valence-electron chi connectivity index (χ0n) is 14.1. The van der Waals surface area contributed by atoms with Crippen molar-refractivity contribution in [2.45, 2.75) is 37.5 Å². The Kier molecular flexibility index (Phi) is 5.54. The number of hydrogen-bond donors (Lipinski definition) is 0. The van der Waals surface area contributed by atoms with Crippen LogP contribution < -0.4 is 4.74 Å². The Balaban J connectivity index is 2.35. The number of hydrogen-bond acceptors (Lipinski definition) is 6. The van der Waals surface area contributed by atoms with Gasteiger partial charge in [-0.25, -0.2) is 4.79 Å². The first kappa shape index (κ1) is 18.3. The largest absolute Gasteiger partial charge is 0.496 e. The van der Waals surface area contributed by atoms with E-state index in [-0.39, 0.29) is 11.3 Å². The molecule has 0 N–H and O–H groups in total. The Morgan fingerprint density at radius 3 is 2.62 bits per heavy atom. The average Bonchev–Trinajstić information content (AvgIpc) is 2.83. The highest BCUT2D eigenvalue weighted by Gasteiger charge is 2.38. The van der Waals surface area contributed by atoms with E-state index in [0.717, 1.165) is 0 Å². The van der Waals surface area contributed by atoms with Gasteiger partial charge in [0.25, 0.3) is 0 Å². The van der Waals surface area contributed by atoms with Gasteiger partial charge < -0.3 is 9.47 Å². The molecule has 0 radical (unpaired) electrons. The molecule has 7 heteroatoms. The van der Waals surface area contributed by atoms with E-state index >= 15 is 0 Å². The summed E-state index contributed by atoms with van der Waals surface area (Å²) >= 11 is 1.40. The van der Waals surface area contributed by atoms with E-state index in [1.807, 2.05) is 20.8 Å². The third kappa shape index (κ3) is 4.50. The molecule has 0 amide bonds. The van der Waals surface area contributed by atoms with Crippen LogP contribution in [0.2, 0.25) is 0 Å². The van der Waals surface area contributed by atoms with E-state index in [1.165, 1.54) is 18.9 Å². The summed E-state index contributed by atoms with van der Waals surface area (Å²) in [6, 6.07) is 7.09. The summed E-state index contributed by atoms with van der Waals surface area (Å²) in [6.07, 6.45) is 1.02. The average molecular weight is 351 g/mol. The molecule has 0 aliphatic carbocycles. The van der Waals surface area contributed by atoms with E-state index < -0.39 is 22.9 Å². The van der Waals surface area contributed by atoms with E-state index in [1.54, 1.807) is 30.3 Å². The van der Waals surface area contributed by atoms with E-state index in [0.29, 0.717) is 16.2 Å². The van der Waals surface area contributed by atoms with Crippen molar-refractivity contribution in [3.8, 4) is 5.75 Å². The number of cyclic esters (lactones) is 1. The van der Waals surface area contributed by atoms with Crippen LogP contribution in [-0.2, 0) is 9.53 Å². The van der Waals surface area contributed by atoms with Crippen LogP contribution in [0.3, 0.4) is 0 Å². The van der Waals surface area contributed by atoms with Crippen molar-refractivity contribution in [2.75, 3.05) is 13.7 Å². The van der Waals surface area contributed by atoms with Crippen LogP contribution >= 0.6 is 11.8 Å². The fourth-order valence-electron chi connectivity index (χ4n) is 2.55. The second-order valence-electron chi connectivity index (χ2n) is 6.48. The molecule has 2 atom stereocenters. The highest BCUT2D eigenvalue weighted by molar-refractivity contribution is 8.05. The van der Waals surface area contributed by atoms with Gasteiger partial charge in [-0.3, -0.25) is 10.1 Å². The third-order valence-corrected chi connectivity index (χ3v) is 4.59. The quantitative estimate of drug-likeness (QED) is 0.444. The Labute approximate surface area is 145 Å². The lowest BCUT2D eigenvalue weighted by molar-refractivity contribution is -0.484. The SMILES string of the molecule is COc1ccccc1[C@H](C[N+](=O)[O-])[C@H]1C=C(SC(C)(C)C)C(=O)O1. The van der Waals surface area contributed by atoms with Gasteiger partial charge in [-0.1, -0.05) is 39.0 Å². The first-order valence-corrected chi connectivity index (χ1v) is 8.39. The maximum absolute atomic E-state index is 12.1. The van der Waals surface area contributed by atoms with Crippen LogP contribution in [0.1, 0.15) is 32.3 Å². The van der Waals surface area contributed by atoms with Crippen LogP contribution in [0, 0.1) is 10.1 Å². The first-order valence-electron chi connectivity index (χ1n) is 7.58. The van der Waals surface area contributed by atoms with Crippen molar-refractivity contribution >= 4 is 17.7 Å². The number of carbonyl (C=O) groups is 1. The van der Waals surface area contributed by atoms with Crippen LogP contribution in [0.4, 0.5) is 0 Å². The lowest BCUT2D eigenvalue weighted by Gasteiger charge is -2.20. The molecule has 0 bridgehead atoms. The van der Waals surface area contributed by atoms with Crippen LogP contribution in [0.25, 0.3) is 0 Å². The topological polar surface area (TPSA) is 78.7 Å². The zero-order valence-corrected chi connectivity index (χ0v) is 15.0. The number of ether oxygens (including phenoxy) is 2. The lowest BCUT2D eigenvalue weighted by atomic mass is 9.92. The number of para-hydroxylation sites is 1. The molecule has 130 valence electrons. The molecular weight excluding hydrogens is 330 g/mol. The van der Waals surface area contributed by atoms with Gasteiger partial charge in [-0.05, 0) is 12.1 Å². The molecule has 1 aromatic carbocycles.